The van der Waals surface area contributed by atoms with Gasteiger partial charge in [0, 0.05) is 30.2 Å². The summed E-state index contributed by atoms with van der Waals surface area (Å²) in [6, 6.07) is 4.34. The van der Waals surface area contributed by atoms with Crippen LogP contribution in [0.3, 0.4) is 0 Å². The molecule has 0 radical (unpaired) electrons. The molecule has 0 aliphatic carbocycles. The highest BCUT2D eigenvalue weighted by Crippen LogP contribution is 2.22. The van der Waals surface area contributed by atoms with Gasteiger partial charge in [-0.25, -0.2) is 15.0 Å². The minimum absolute atomic E-state index is 0.201. The Morgan fingerprint density at radius 3 is 3.00 bits per heavy atom. The van der Waals surface area contributed by atoms with E-state index in [9.17, 15) is 0 Å². The van der Waals surface area contributed by atoms with Crippen LogP contribution < -0.4 is 16.0 Å². The molecule has 1 fully saturated rings. The number of nitriles is 1. The minimum Gasteiger partial charge on any atom is -0.366 e. The van der Waals surface area contributed by atoms with Gasteiger partial charge in [-0.2, -0.15) is 5.26 Å². The van der Waals surface area contributed by atoms with E-state index in [0.29, 0.717) is 23.5 Å². The molecule has 3 heterocycles. The topological polar surface area (TPSA) is 98.5 Å². The molecule has 2 aromatic rings. The van der Waals surface area contributed by atoms with Crippen LogP contribution in [0.1, 0.15) is 38.8 Å². The van der Waals surface area contributed by atoms with Crippen LogP contribution in [0.15, 0.2) is 12.3 Å². The van der Waals surface area contributed by atoms with E-state index < -0.39 is 0 Å². The third-order valence-electron chi connectivity index (χ3n) is 3.99. The van der Waals surface area contributed by atoms with Crippen molar-refractivity contribution >= 4 is 22.7 Å². The molecule has 2 aromatic heterocycles. The van der Waals surface area contributed by atoms with E-state index in [1.807, 2.05) is 13.8 Å². The summed E-state index contributed by atoms with van der Waals surface area (Å²) in [6.45, 7) is 6.05. The van der Waals surface area contributed by atoms with Gasteiger partial charge in [0.1, 0.15) is 17.3 Å². The van der Waals surface area contributed by atoms with Gasteiger partial charge in [-0.05, 0) is 39.3 Å². The summed E-state index contributed by atoms with van der Waals surface area (Å²) in [6.07, 6.45) is 5.27. The number of pyridine rings is 1. The van der Waals surface area contributed by atoms with E-state index in [1.54, 1.807) is 12.3 Å². The average molecular weight is 325 g/mol. The number of fused-ring (bicyclic) bond motifs is 1. The third-order valence-corrected chi connectivity index (χ3v) is 3.99. The van der Waals surface area contributed by atoms with Gasteiger partial charge in [-0.3, -0.25) is 0 Å². The van der Waals surface area contributed by atoms with Crippen molar-refractivity contribution in [1.29, 1.82) is 5.26 Å². The molecule has 0 unspecified atom stereocenters. The van der Waals surface area contributed by atoms with Crippen LogP contribution in [0.5, 0.6) is 0 Å². The SMILES string of the molecule is CC(C)Nc1nc(C#N)cc2cnc(N[C@@H]3CCCCNC3)nc12. The van der Waals surface area contributed by atoms with Crippen molar-refractivity contribution in [2.75, 3.05) is 23.7 Å². The highest BCUT2D eigenvalue weighted by Gasteiger charge is 2.15. The second-order valence-electron chi connectivity index (χ2n) is 6.44. The molecule has 0 saturated carbocycles. The molecule has 1 aliphatic heterocycles. The van der Waals surface area contributed by atoms with Crippen LogP contribution in [0.25, 0.3) is 10.9 Å². The van der Waals surface area contributed by atoms with Gasteiger partial charge in [0.25, 0.3) is 0 Å². The largest absolute Gasteiger partial charge is 0.366 e. The zero-order chi connectivity index (χ0) is 16.9. The van der Waals surface area contributed by atoms with Crippen molar-refractivity contribution in [2.45, 2.75) is 45.2 Å². The van der Waals surface area contributed by atoms with E-state index in [2.05, 4.69) is 37.0 Å². The summed E-state index contributed by atoms with van der Waals surface area (Å²) in [4.78, 5) is 13.4. The van der Waals surface area contributed by atoms with Crippen molar-refractivity contribution in [3.8, 4) is 6.07 Å². The first kappa shape index (κ1) is 16.4. The molecule has 0 spiro atoms. The fraction of sp³-hybridized carbons (Fsp3) is 0.529. The minimum atomic E-state index is 0.201. The lowest BCUT2D eigenvalue weighted by atomic mass is 10.1. The monoisotopic (exact) mass is 325 g/mol. The lowest BCUT2D eigenvalue weighted by Crippen LogP contribution is -2.31. The molecule has 7 nitrogen and oxygen atoms in total. The number of hydrogen-bond donors (Lipinski definition) is 3. The summed E-state index contributed by atoms with van der Waals surface area (Å²) < 4.78 is 0. The molecule has 1 atom stereocenters. The zero-order valence-corrected chi connectivity index (χ0v) is 14.1. The predicted octanol–water partition coefficient (Wildman–Crippen LogP) is 2.27. The smallest absolute Gasteiger partial charge is 0.223 e. The van der Waals surface area contributed by atoms with Crippen LogP contribution in [-0.4, -0.2) is 40.1 Å². The first-order valence-electron chi connectivity index (χ1n) is 8.47. The van der Waals surface area contributed by atoms with E-state index in [0.717, 1.165) is 30.4 Å². The molecular formula is C17H23N7. The van der Waals surface area contributed by atoms with E-state index in [4.69, 9.17) is 5.26 Å². The summed E-state index contributed by atoms with van der Waals surface area (Å²) in [7, 11) is 0. The highest BCUT2D eigenvalue weighted by molar-refractivity contribution is 5.89. The van der Waals surface area contributed by atoms with Crippen LogP contribution >= 0.6 is 0 Å². The normalized spacial score (nSPS) is 18.2. The van der Waals surface area contributed by atoms with Gasteiger partial charge in [0.15, 0.2) is 5.82 Å². The Morgan fingerprint density at radius 2 is 2.21 bits per heavy atom. The Labute approximate surface area is 141 Å². The molecule has 0 bridgehead atoms. The Kier molecular flexibility index (Phi) is 5.06. The van der Waals surface area contributed by atoms with Crippen LogP contribution in [0.2, 0.25) is 0 Å². The van der Waals surface area contributed by atoms with Crippen LogP contribution in [0.4, 0.5) is 11.8 Å². The number of nitrogens with one attached hydrogen (secondary N) is 3. The molecule has 126 valence electrons. The predicted molar refractivity (Wildman–Crippen MR) is 94.9 cm³/mol. The fourth-order valence-corrected chi connectivity index (χ4v) is 2.87. The molecule has 3 rings (SSSR count). The van der Waals surface area contributed by atoms with E-state index in [-0.39, 0.29) is 6.04 Å². The maximum Gasteiger partial charge on any atom is 0.223 e. The zero-order valence-electron chi connectivity index (χ0n) is 14.1. The van der Waals surface area contributed by atoms with Crippen LogP contribution in [0, 0.1) is 11.3 Å². The summed E-state index contributed by atoms with van der Waals surface area (Å²) in [5.74, 6) is 1.23. The van der Waals surface area contributed by atoms with Crippen molar-refractivity contribution < 1.29 is 0 Å². The second-order valence-corrected chi connectivity index (χ2v) is 6.44. The number of nitrogens with zero attached hydrogens (tertiary/aromatic N) is 4. The first-order valence-corrected chi connectivity index (χ1v) is 8.47. The molecule has 1 saturated heterocycles. The maximum absolute atomic E-state index is 9.15. The molecular weight excluding hydrogens is 302 g/mol. The average Bonchev–Trinajstić information content (AvgIpc) is 2.83. The van der Waals surface area contributed by atoms with Gasteiger partial charge in [-0.1, -0.05) is 6.42 Å². The molecule has 24 heavy (non-hydrogen) atoms. The second kappa shape index (κ2) is 7.41. The van der Waals surface area contributed by atoms with Gasteiger partial charge in [0.05, 0.1) is 0 Å². The standard InChI is InChI=1S/C17H23N7/c1-11(2)21-16-15-12(7-14(8-18)22-16)9-20-17(24-15)23-13-5-3-4-6-19-10-13/h7,9,11,13,19H,3-6,10H2,1-2H3,(H,21,22)(H,20,23,24)/t13-/m1/s1. The quantitative estimate of drug-likeness (QED) is 0.793. The maximum atomic E-state index is 9.15. The number of rotatable bonds is 4. The summed E-state index contributed by atoms with van der Waals surface area (Å²) in [5.41, 5.74) is 1.10. The lowest BCUT2D eigenvalue weighted by Gasteiger charge is -2.17. The van der Waals surface area contributed by atoms with Crippen molar-refractivity contribution in [3.05, 3.63) is 18.0 Å². The van der Waals surface area contributed by atoms with Crippen molar-refractivity contribution in [1.82, 2.24) is 20.3 Å². The molecule has 3 N–H and O–H groups in total. The first-order chi connectivity index (χ1) is 11.7. The fourth-order valence-electron chi connectivity index (χ4n) is 2.87. The van der Waals surface area contributed by atoms with Crippen molar-refractivity contribution in [2.24, 2.45) is 0 Å². The molecule has 1 aliphatic rings. The van der Waals surface area contributed by atoms with Crippen LogP contribution in [-0.2, 0) is 0 Å². The Hall–Kier alpha value is -2.46. The number of aromatic nitrogens is 3. The molecule has 7 heteroatoms. The highest BCUT2D eigenvalue weighted by atomic mass is 15.1. The Morgan fingerprint density at radius 1 is 1.33 bits per heavy atom. The van der Waals surface area contributed by atoms with Gasteiger partial charge in [0.2, 0.25) is 5.95 Å². The Balaban J connectivity index is 1.92. The third kappa shape index (κ3) is 3.89. The van der Waals surface area contributed by atoms with E-state index in [1.165, 1.54) is 12.8 Å². The van der Waals surface area contributed by atoms with Gasteiger partial charge < -0.3 is 16.0 Å². The van der Waals surface area contributed by atoms with Gasteiger partial charge in [-0.15, -0.1) is 0 Å². The summed E-state index contributed by atoms with van der Waals surface area (Å²) in [5, 5.41) is 20.1. The molecule has 0 aromatic carbocycles. The number of hydrogen-bond acceptors (Lipinski definition) is 7. The number of anilines is 2. The van der Waals surface area contributed by atoms with Gasteiger partial charge >= 0.3 is 0 Å². The van der Waals surface area contributed by atoms with Crippen molar-refractivity contribution in [3.63, 3.8) is 0 Å². The Bertz CT molecular complexity index is 742. The summed E-state index contributed by atoms with van der Waals surface area (Å²) >= 11 is 0. The molecule has 0 amide bonds. The van der Waals surface area contributed by atoms with E-state index >= 15 is 0 Å². The lowest BCUT2D eigenvalue weighted by molar-refractivity contribution is 0.631.